The second kappa shape index (κ2) is 5.09. The quantitative estimate of drug-likeness (QED) is 0.795. The number of aromatic carboxylic acids is 1. The first-order valence-corrected chi connectivity index (χ1v) is 6.81. The van der Waals surface area contributed by atoms with E-state index >= 15 is 0 Å². The second-order valence-electron chi connectivity index (χ2n) is 4.35. The molecule has 0 radical (unpaired) electrons. The van der Waals surface area contributed by atoms with Crippen molar-refractivity contribution in [3.63, 3.8) is 0 Å². The lowest BCUT2D eigenvalue weighted by Crippen LogP contribution is -2.07. The molecule has 102 valence electrons. The minimum Gasteiger partial charge on any atom is -0.476 e. The Kier molecular flexibility index (Phi) is 3.27. The summed E-state index contributed by atoms with van der Waals surface area (Å²) in [5.74, 6) is -1.06. The molecule has 2 aromatic heterocycles. The fourth-order valence-electron chi connectivity index (χ4n) is 2.10. The maximum atomic E-state index is 10.7. The Balaban J connectivity index is 1.79. The van der Waals surface area contributed by atoms with Gasteiger partial charge in [0.2, 0.25) is 0 Å². The van der Waals surface area contributed by atoms with Gasteiger partial charge in [0.25, 0.3) is 0 Å². The summed E-state index contributed by atoms with van der Waals surface area (Å²) in [6.45, 7) is 1.26. The van der Waals surface area contributed by atoms with Crippen LogP contribution in [0.1, 0.15) is 10.5 Å². The number of fused-ring (bicyclic) bond motifs is 1. The molecule has 0 amide bonds. The number of hydrogen-bond acceptors (Lipinski definition) is 3. The highest BCUT2D eigenvalue weighted by Crippen LogP contribution is 2.24. The third kappa shape index (κ3) is 2.32. The molecule has 2 heterocycles. The molecule has 0 atom stereocenters. The van der Waals surface area contributed by atoms with Crippen LogP contribution in [-0.2, 0) is 13.1 Å². The van der Waals surface area contributed by atoms with Crippen molar-refractivity contribution in [1.29, 1.82) is 0 Å². The van der Waals surface area contributed by atoms with Gasteiger partial charge in [-0.05, 0) is 18.2 Å². The minimum absolute atomic E-state index is 0.0369. The average molecular weight is 335 g/mol. The third-order valence-corrected chi connectivity index (χ3v) is 3.78. The van der Waals surface area contributed by atoms with Gasteiger partial charge in [-0.3, -0.25) is 0 Å². The first-order valence-electron chi connectivity index (χ1n) is 6.02. The number of nitrogens with zero attached hydrogens (tertiary/aromatic N) is 4. The van der Waals surface area contributed by atoms with Crippen LogP contribution < -0.4 is 0 Å². The molecule has 0 aliphatic rings. The number of halogens is 1. The molecule has 3 aromatic rings. The fourth-order valence-corrected chi connectivity index (χ4v) is 2.58. The number of carbonyl (C=O) groups is 1. The zero-order valence-electron chi connectivity index (χ0n) is 10.4. The highest BCUT2D eigenvalue weighted by Gasteiger charge is 2.08. The minimum atomic E-state index is -1.06. The van der Waals surface area contributed by atoms with Gasteiger partial charge >= 0.3 is 5.97 Å². The Morgan fingerprint density at radius 2 is 2.15 bits per heavy atom. The van der Waals surface area contributed by atoms with E-state index in [1.807, 2.05) is 30.5 Å². The molecule has 0 spiro atoms. The van der Waals surface area contributed by atoms with Gasteiger partial charge in [0.1, 0.15) is 0 Å². The first-order chi connectivity index (χ1) is 9.65. The molecule has 0 unspecified atom stereocenters. The van der Waals surface area contributed by atoms with Gasteiger partial charge in [0.15, 0.2) is 5.69 Å². The van der Waals surface area contributed by atoms with Crippen molar-refractivity contribution in [2.75, 3.05) is 0 Å². The number of aryl methyl sites for hydroxylation is 2. The maximum absolute atomic E-state index is 10.7. The van der Waals surface area contributed by atoms with Crippen LogP contribution in [0.25, 0.3) is 10.9 Å². The summed E-state index contributed by atoms with van der Waals surface area (Å²) >= 11 is 3.52. The van der Waals surface area contributed by atoms with Crippen LogP contribution in [-0.4, -0.2) is 30.6 Å². The molecule has 0 bridgehead atoms. The Bertz CT molecular complexity index is 778. The number of aromatic nitrogens is 4. The summed E-state index contributed by atoms with van der Waals surface area (Å²) in [6.07, 6.45) is 3.44. The normalized spacial score (nSPS) is 11.1. The van der Waals surface area contributed by atoms with E-state index in [1.54, 1.807) is 0 Å². The summed E-state index contributed by atoms with van der Waals surface area (Å²) in [5.41, 5.74) is 1.09. The van der Waals surface area contributed by atoms with Crippen molar-refractivity contribution in [3.8, 4) is 0 Å². The van der Waals surface area contributed by atoms with Crippen molar-refractivity contribution in [2.45, 2.75) is 13.1 Å². The van der Waals surface area contributed by atoms with Gasteiger partial charge in [0, 0.05) is 28.1 Å². The van der Waals surface area contributed by atoms with Crippen molar-refractivity contribution in [1.82, 2.24) is 19.6 Å². The van der Waals surface area contributed by atoms with Crippen molar-refractivity contribution < 1.29 is 9.90 Å². The van der Waals surface area contributed by atoms with E-state index in [4.69, 9.17) is 5.11 Å². The predicted molar refractivity (Wildman–Crippen MR) is 76.6 cm³/mol. The molecule has 1 N–H and O–H groups in total. The lowest BCUT2D eigenvalue weighted by molar-refractivity contribution is 0.0690. The summed E-state index contributed by atoms with van der Waals surface area (Å²) < 4.78 is 4.69. The number of rotatable bonds is 4. The molecule has 0 saturated carbocycles. The van der Waals surface area contributed by atoms with Crippen molar-refractivity contribution in [3.05, 3.63) is 46.8 Å². The molecule has 20 heavy (non-hydrogen) atoms. The van der Waals surface area contributed by atoms with E-state index < -0.39 is 5.97 Å². The number of hydrogen-bond donors (Lipinski definition) is 1. The molecule has 0 aliphatic heterocycles. The number of carboxylic acid groups (broad SMARTS) is 1. The van der Waals surface area contributed by atoms with E-state index in [-0.39, 0.29) is 5.69 Å². The Morgan fingerprint density at radius 1 is 1.30 bits per heavy atom. The van der Waals surface area contributed by atoms with Gasteiger partial charge in [-0.1, -0.05) is 27.2 Å². The standard InChI is InChI=1S/C13H11BrN4O2/c14-10-2-1-3-12-9(10)4-5-17(12)6-7-18-8-11(13(19)20)15-16-18/h1-5,8H,6-7H2,(H,19,20). The summed E-state index contributed by atoms with van der Waals surface area (Å²) in [4.78, 5) is 10.7. The number of benzene rings is 1. The topological polar surface area (TPSA) is 72.9 Å². The molecule has 3 rings (SSSR count). The van der Waals surface area contributed by atoms with E-state index in [0.29, 0.717) is 13.1 Å². The molecule has 1 aromatic carbocycles. The van der Waals surface area contributed by atoms with Gasteiger partial charge < -0.3 is 9.67 Å². The monoisotopic (exact) mass is 334 g/mol. The fraction of sp³-hybridized carbons (Fsp3) is 0.154. The summed E-state index contributed by atoms with van der Waals surface area (Å²) in [7, 11) is 0. The average Bonchev–Trinajstić information content (AvgIpc) is 3.03. The van der Waals surface area contributed by atoms with Crippen LogP contribution in [0, 0.1) is 0 Å². The molecule has 0 saturated heterocycles. The van der Waals surface area contributed by atoms with E-state index in [1.165, 1.54) is 10.9 Å². The Hall–Kier alpha value is -2.15. The van der Waals surface area contributed by atoms with Crippen LogP contribution in [0.5, 0.6) is 0 Å². The smallest absolute Gasteiger partial charge is 0.358 e. The van der Waals surface area contributed by atoms with Gasteiger partial charge in [-0.2, -0.15) is 0 Å². The molecule has 0 aliphatic carbocycles. The highest BCUT2D eigenvalue weighted by molar-refractivity contribution is 9.10. The molecular formula is C13H11BrN4O2. The first kappa shape index (κ1) is 12.9. The summed E-state index contributed by atoms with van der Waals surface area (Å²) in [5, 5.41) is 17.3. The maximum Gasteiger partial charge on any atom is 0.358 e. The lowest BCUT2D eigenvalue weighted by Gasteiger charge is -2.05. The third-order valence-electron chi connectivity index (χ3n) is 3.09. The van der Waals surface area contributed by atoms with Crippen molar-refractivity contribution in [2.24, 2.45) is 0 Å². The van der Waals surface area contributed by atoms with Crippen molar-refractivity contribution >= 4 is 32.8 Å². The molecular weight excluding hydrogens is 324 g/mol. The van der Waals surface area contributed by atoms with Gasteiger partial charge in [-0.15, -0.1) is 5.10 Å². The molecule has 0 fully saturated rings. The van der Waals surface area contributed by atoms with Crippen LogP contribution in [0.4, 0.5) is 0 Å². The van der Waals surface area contributed by atoms with E-state index in [0.717, 1.165) is 15.4 Å². The van der Waals surface area contributed by atoms with Gasteiger partial charge in [0.05, 0.1) is 12.7 Å². The lowest BCUT2D eigenvalue weighted by atomic mass is 10.2. The second-order valence-corrected chi connectivity index (χ2v) is 5.21. The Morgan fingerprint density at radius 3 is 2.90 bits per heavy atom. The SMILES string of the molecule is O=C(O)c1cn(CCn2ccc3c(Br)cccc32)nn1. The predicted octanol–water partition coefficient (Wildman–Crippen LogP) is 2.39. The molecule has 7 heteroatoms. The number of carboxylic acids is 1. The summed E-state index contributed by atoms with van der Waals surface area (Å²) in [6, 6.07) is 8.08. The zero-order valence-corrected chi connectivity index (χ0v) is 12.0. The Labute approximate surface area is 122 Å². The van der Waals surface area contributed by atoms with Crippen LogP contribution in [0.2, 0.25) is 0 Å². The zero-order chi connectivity index (χ0) is 14.1. The van der Waals surface area contributed by atoms with E-state index in [9.17, 15) is 4.79 Å². The van der Waals surface area contributed by atoms with E-state index in [2.05, 4.69) is 30.8 Å². The van der Waals surface area contributed by atoms with Crippen LogP contribution in [0.3, 0.4) is 0 Å². The highest BCUT2D eigenvalue weighted by atomic mass is 79.9. The largest absolute Gasteiger partial charge is 0.476 e. The van der Waals surface area contributed by atoms with Gasteiger partial charge in [-0.25, -0.2) is 9.48 Å². The molecule has 6 nitrogen and oxygen atoms in total. The van der Waals surface area contributed by atoms with Crippen LogP contribution >= 0.6 is 15.9 Å². The van der Waals surface area contributed by atoms with Crippen LogP contribution in [0.15, 0.2) is 41.1 Å².